The predicted octanol–water partition coefficient (Wildman–Crippen LogP) is 1.98. The Kier molecular flexibility index (Phi) is 5.99. The molecule has 2 amide bonds. The highest BCUT2D eigenvalue weighted by Crippen LogP contribution is 2.38. The number of hydrogen-bond acceptors (Lipinski definition) is 4. The van der Waals surface area contributed by atoms with Gasteiger partial charge in [0.05, 0.1) is 5.60 Å². The van der Waals surface area contributed by atoms with Crippen molar-refractivity contribution in [1.29, 1.82) is 0 Å². The summed E-state index contributed by atoms with van der Waals surface area (Å²) in [6, 6.07) is 1.88. The third kappa shape index (κ3) is 4.93. The molecule has 1 atom stereocenters. The molecule has 2 aliphatic heterocycles. The molecule has 2 saturated heterocycles. The van der Waals surface area contributed by atoms with E-state index >= 15 is 0 Å². The van der Waals surface area contributed by atoms with Gasteiger partial charge in [-0.15, -0.1) is 0 Å². The summed E-state index contributed by atoms with van der Waals surface area (Å²) in [6.07, 6.45) is 11.3. The number of nitrogens with zero attached hydrogens (tertiary/aromatic N) is 3. The van der Waals surface area contributed by atoms with Crippen LogP contribution < -0.4 is 5.32 Å². The molecule has 3 aliphatic rings. The lowest BCUT2D eigenvalue weighted by Gasteiger charge is -2.46. The van der Waals surface area contributed by atoms with E-state index in [0.717, 1.165) is 71.2 Å². The molecule has 1 N–H and O–H groups in total. The first-order chi connectivity index (χ1) is 13.6. The van der Waals surface area contributed by atoms with E-state index in [0.29, 0.717) is 18.9 Å². The molecule has 1 aromatic heterocycles. The molecular formula is C21H32N4O3. The average Bonchev–Trinajstić information content (AvgIpc) is 3.43. The highest BCUT2D eigenvalue weighted by molar-refractivity contribution is 5.80. The highest BCUT2D eigenvalue weighted by Gasteiger charge is 2.41. The van der Waals surface area contributed by atoms with Gasteiger partial charge in [-0.25, -0.2) is 0 Å². The van der Waals surface area contributed by atoms with Crippen molar-refractivity contribution in [2.24, 2.45) is 11.8 Å². The Morgan fingerprint density at radius 3 is 2.75 bits per heavy atom. The Hall–Kier alpha value is -1.89. The molecule has 1 spiro atoms. The van der Waals surface area contributed by atoms with Crippen molar-refractivity contribution in [3.8, 4) is 0 Å². The fourth-order valence-corrected chi connectivity index (χ4v) is 4.58. The van der Waals surface area contributed by atoms with Gasteiger partial charge in [-0.3, -0.25) is 14.3 Å². The predicted molar refractivity (Wildman–Crippen MR) is 104 cm³/mol. The molecular weight excluding hydrogens is 356 g/mol. The minimum Gasteiger partial charge on any atom is -0.375 e. The average molecular weight is 389 g/mol. The van der Waals surface area contributed by atoms with Crippen LogP contribution in [0.1, 0.15) is 51.4 Å². The van der Waals surface area contributed by atoms with Crippen LogP contribution in [0.15, 0.2) is 18.5 Å². The first-order valence-electron chi connectivity index (χ1n) is 10.8. The Morgan fingerprint density at radius 2 is 2.04 bits per heavy atom. The number of nitrogens with one attached hydrogen (secondary N) is 1. The molecule has 154 valence electrons. The molecule has 0 radical (unpaired) electrons. The number of amides is 2. The van der Waals surface area contributed by atoms with Crippen molar-refractivity contribution in [2.45, 2.75) is 63.5 Å². The van der Waals surface area contributed by atoms with Crippen molar-refractivity contribution in [2.75, 3.05) is 26.2 Å². The third-order valence-electron chi connectivity index (χ3n) is 6.54. The summed E-state index contributed by atoms with van der Waals surface area (Å²) in [6.45, 7) is 3.79. The van der Waals surface area contributed by atoms with Crippen LogP contribution in [0.4, 0.5) is 0 Å². The van der Waals surface area contributed by atoms with Crippen LogP contribution in [0.25, 0.3) is 0 Å². The third-order valence-corrected chi connectivity index (χ3v) is 6.54. The van der Waals surface area contributed by atoms with Crippen LogP contribution >= 0.6 is 0 Å². The van der Waals surface area contributed by atoms with E-state index in [-0.39, 0.29) is 23.3 Å². The van der Waals surface area contributed by atoms with E-state index in [4.69, 9.17) is 4.74 Å². The lowest BCUT2D eigenvalue weighted by atomic mass is 9.78. The van der Waals surface area contributed by atoms with Crippen molar-refractivity contribution in [3.63, 3.8) is 0 Å². The number of hydrogen-bond donors (Lipinski definition) is 1. The van der Waals surface area contributed by atoms with Crippen molar-refractivity contribution in [3.05, 3.63) is 18.5 Å². The zero-order chi connectivity index (χ0) is 19.4. The van der Waals surface area contributed by atoms with Gasteiger partial charge in [0, 0.05) is 57.5 Å². The second kappa shape index (κ2) is 8.64. The number of carbonyl (C=O) groups is 2. The summed E-state index contributed by atoms with van der Waals surface area (Å²) >= 11 is 0. The smallest absolute Gasteiger partial charge is 0.224 e. The lowest BCUT2D eigenvalue weighted by molar-refractivity contribution is -0.147. The Bertz CT molecular complexity index is 663. The number of rotatable bonds is 7. The number of piperidine rings is 1. The minimum absolute atomic E-state index is 0.0673. The van der Waals surface area contributed by atoms with E-state index in [9.17, 15) is 9.59 Å². The van der Waals surface area contributed by atoms with Crippen molar-refractivity contribution in [1.82, 2.24) is 20.0 Å². The quantitative estimate of drug-likeness (QED) is 0.775. The standard InChI is InChI=1S/C21H32N4O3/c26-19(5-12-25-11-1-9-23-25)24-13-7-21(8-14-24)16-17(6-15-28-21)4-10-22-20(27)18-2-3-18/h1,9,11,17-18H,2-8,10,12-16H2,(H,22,27). The number of likely N-dealkylation sites (tertiary alicyclic amines) is 1. The fourth-order valence-electron chi connectivity index (χ4n) is 4.58. The summed E-state index contributed by atoms with van der Waals surface area (Å²) in [5, 5.41) is 7.25. The first-order valence-corrected chi connectivity index (χ1v) is 10.8. The molecule has 7 nitrogen and oxygen atoms in total. The van der Waals surface area contributed by atoms with Crippen molar-refractivity contribution < 1.29 is 14.3 Å². The molecule has 4 rings (SSSR count). The Morgan fingerprint density at radius 1 is 1.21 bits per heavy atom. The van der Waals surface area contributed by atoms with Crippen LogP contribution in [0.2, 0.25) is 0 Å². The zero-order valence-corrected chi connectivity index (χ0v) is 16.6. The van der Waals surface area contributed by atoms with Gasteiger partial charge in [0.15, 0.2) is 0 Å². The molecule has 1 saturated carbocycles. The van der Waals surface area contributed by atoms with Gasteiger partial charge in [-0.05, 0) is 56.9 Å². The molecule has 1 unspecified atom stereocenters. The van der Waals surface area contributed by atoms with Gasteiger partial charge in [0.2, 0.25) is 11.8 Å². The SMILES string of the molecule is O=C(NCCC1CCOC2(CCN(C(=O)CCn3cccn3)CC2)C1)C1CC1. The summed E-state index contributed by atoms with van der Waals surface area (Å²) < 4.78 is 8.03. The lowest BCUT2D eigenvalue weighted by Crippen LogP contribution is -2.51. The van der Waals surface area contributed by atoms with Crippen LogP contribution in [0.3, 0.4) is 0 Å². The molecule has 1 aromatic rings. The van der Waals surface area contributed by atoms with Gasteiger partial charge in [0.1, 0.15) is 0 Å². The van der Waals surface area contributed by atoms with Gasteiger partial charge in [0.25, 0.3) is 0 Å². The molecule has 28 heavy (non-hydrogen) atoms. The summed E-state index contributed by atoms with van der Waals surface area (Å²) in [5.74, 6) is 1.34. The second-order valence-electron chi connectivity index (χ2n) is 8.64. The van der Waals surface area contributed by atoms with E-state index in [1.165, 1.54) is 0 Å². The van der Waals surface area contributed by atoms with Crippen LogP contribution in [0, 0.1) is 11.8 Å². The normalized spacial score (nSPS) is 24.3. The second-order valence-corrected chi connectivity index (χ2v) is 8.64. The maximum absolute atomic E-state index is 12.5. The molecule has 7 heteroatoms. The van der Waals surface area contributed by atoms with Crippen molar-refractivity contribution >= 4 is 11.8 Å². The number of aromatic nitrogens is 2. The molecule has 1 aliphatic carbocycles. The van der Waals surface area contributed by atoms with Gasteiger partial charge >= 0.3 is 0 Å². The number of ether oxygens (including phenoxy) is 1. The Labute approximate surface area is 166 Å². The van der Waals surface area contributed by atoms with E-state index in [2.05, 4.69) is 10.4 Å². The zero-order valence-electron chi connectivity index (χ0n) is 16.6. The first kappa shape index (κ1) is 19.4. The summed E-state index contributed by atoms with van der Waals surface area (Å²) in [4.78, 5) is 26.3. The number of carbonyl (C=O) groups excluding carboxylic acids is 2. The van der Waals surface area contributed by atoms with Gasteiger partial charge < -0.3 is 15.0 Å². The van der Waals surface area contributed by atoms with Crippen LogP contribution in [-0.4, -0.2) is 58.3 Å². The van der Waals surface area contributed by atoms with E-state index < -0.39 is 0 Å². The minimum atomic E-state index is -0.0673. The molecule has 3 heterocycles. The monoisotopic (exact) mass is 388 g/mol. The van der Waals surface area contributed by atoms with E-state index in [1.54, 1.807) is 10.9 Å². The highest BCUT2D eigenvalue weighted by atomic mass is 16.5. The number of aryl methyl sites for hydroxylation is 1. The largest absolute Gasteiger partial charge is 0.375 e. The summed E-state index contributed by atoms with van der Waals surface area (Å²) in [7, 11) is 0. The maximum Gasteiger partial charge on any atom is 0.224 e. The Balaban J connectivity index is 1.19. The van der Waals surface area contributed by atoms with Crippen LogP contribution in [-0.2, 0) is 20.9 Å². The van der Waals surface area contributed by atoms with E-state index in [1.807, 2.05) is 17.2 Å². The van der Waals surface area contributed by atoms with Gasteiger partial charge in [-0.2, -0.15) is 5.10 Å². The molecule has 3 fully saturated rings. The summed E-state index contributed by atoms with van der Waals surface area (Å²) in [5.41, 5.74) is -0.0673. The fraction of sp³-hybridized carbons (Fsp3) is 0.762. The molecule has 0 aromatic carbocycles. The topological polar surface area (TPSA) is 76.5 Å². The van der Waals surface area contributed by atoms with Crippen LogP contribution in [0.5, 0.6) is 0 Å². The molecule has 0 bridgehead atoms. The van der Waals surface area contributed by atoms with Gasteiger partial charge in [-0.1, -0.05) is 0 Å². The maximum atomic E-state index is 12.5.